The Morgan fingerprint density at radius 1 is 0.900 bits per heavy atom. The van der Waals surface area contributed by atoms with Gasteiger partial charge in [-0.25, -0.2) is 14.5 Å². The molecule has 20 heavy (non-hydrogen) atoms. The fourth-order valence-corrected chi connectivity index (χ4v) is 2.46. The third-order valence-corrected chi connectivity index (χ3v) is 3.45. The maximum Gasteiger partial charge on any atom is 0.220 e. The van der Waals surface area contributed by atoms with Crippen LogP contribution in [0.5, 0.6) is 0 Å². The number of nitrogens with zero attached hydrogens (tertiary/aromatic N) is 3. The molecule has 3 nitrogen and oxygen atoms in total. The molecule has 0 amide bonds. The molecule has 0 spiro atoms. The molecular formula is C17H16N3+. The van der Waals surface area contributed by atoms with Crippen LogP contribution in [0.2, 0.25) is 0 Å². The van der Waals surface area contributed by atoms with E-state index in [-0.39, 0.29) is 0 Å². The summed E-state index contributed by atoms with van der Waals surface area (Å²) in [7, 11) is 2.06. The minimum absolute atomic E-state index is 1.03. The summed E-state index contributed by atoms with van der Waals surface area (Å²) in [5.41, 5.74) is 5.84. The molecule has 0 aliphatic carbocycles. The van der Waals surface area contributed by atoms with Crippen LogP contribution in [-0.4, -0.2) is 9.97 Å². The second-order valence-corrected chi connectivity index (χ2v) is 4.82. The number of pyridine rings is 1. The Morgan fingerprint density at radius 3 is 2.35 bits per heavy atom. The first-order chi connectivity index (χ1) is 9.77. The first kappa shape index (κ1) is 12.5. The molecule has 0 unspecified atom stereocenters. The van der Waals surface area contributed by atoms with E-state index >= 15 is 0 Å². The molecule has 0 N–H and O–H groups in total. The monoisotopic (exact) mass is 262 g/mol. The SMILES string of the molecule is Cc1ccccc1-c1c(-c2cncnc2)ccc[n+]1C. The lowest BCUT2D eigenvalue weighted by Crippen LogP contribution is -2.31. The number of aromatic nitrogens is 3. The van der Waals surface area contributed by atoms with Crippen LogP contribution in [0.3, 0.4) is 0 Å². The molecule has 0 aliphatic rings. The molecule has 0 atom stereocenters. The summed E-state index contributed by atoms with van der Waals surface area (Å²) in [5.74, 6) is 0. The minimum Gasteiger partial charge on any atom is -0.244 e. The van der Waals surface area contributed by atoms with Crippen molar-refractivity contribution in [1.29, 1.82) is 0 Å². The van der Waals surface area contributed by atoms with Gasteiger partial charge in [-0.15, -0.1) is 0 Å². The van der Waals surface area contributed by atoms with E-state index in [2.05, 4.69) is 65.0 Å². The Hall–Kier alpha value is -2.55. The molecule has 3 rings (SSSR count). The summed E-state index contributed by atoms with van der Waals surface area (Å²) in [6.45, 7) is 2.13. The van der Waals surface area contributed by atoms with E-state index in [0.717, 1.165) is 11.1 Å². The van der Waals surface area contributed by atoms with Gasteiger partial charge in [0, 0.05) is 29.6 Å². The second-order valence-electron chi connectivity index (χ2n) is 4.82. The van der Waals surface area contributed by atoms with E-state index in [1.165, 1.54) is 16.8 Å². The summed E-state index contributed by atoms with van der Waals surface area (Å²) in [6.07, 6.45) is 7.32. The zero-order valence-corrected chi connectivity index (χ0v) is 11.6. The van der Waals surface area contributed by atoms with Crippen LogP contribution >= 0.6 is 0 Å². The number of hydrogen-bond acceptors (Lipinski definition) is 2. The van der Waals surface area contributed by atoms with Crippen molar-refractivity contribution >= 4 is 0 Å². The lowest BCUT2D eigenvalue weighted by molar-refractivity contribution is -0.660. The van der Waals surface area contributed by atoms with Crippen LogP contribution in [0.15, 0.2) is 61.3 Å². The highest BCUT2D eigenvalue weighted by Gasteiger charge is 2.18. The molecule has 0 radical (unpaired) electrons. The van der Waals surface area contributed by atoms with Gasteiger partial charge in [0.15, 0.2) is 6.20 Å². The van der Waals surface area contributed by atoms with Crippen molar-refractivity contribution in [3.05, 3.63) is 66.9 Å². The van der Waals surface area contributed by atoms with Crippen molar-refractivity contribution in [2.24, 2.45) is 7.05 Å². The van der Waals surface area contributed by atoms with Crippen molar-refractivity contribution in [3.63, 3.8) is 0 Å². The maximum atomic E-state index is 4.13. The van der Waals surface area contributed by atoms with Gasteiger partial charge in [-0.1, -0.05) is 18.2 Å². The van der Waals surface area contributed by atoms with Gasteiger partial charge in [-0.3, -0.25) is 0 Å². The number of rotatable bonds is 2. The number of aryl methyl sites for hydroxylation is 2. The van der Waals surface area contributed by atoms with Crippen molar-refractivity contribution in [2.75, 3.05) is 0 Å². The van der Waals surface area contributed by atoms with Gasteiger partial charge in [0.25, 0.3) is 0 Å². The van der Waals surface area contributed by atoms with Gasteiger partial charge in [0.05, 0.1) is 5.56 Å². The summed E-state index contributed by atoms with van der Waals surface area (Å²) in [6, 6.07) is 12.6. The molecule has 0 bridgehead atoms. The summed E-state index contributed by atoms with van der Waals surface area (Å²) in [5, 5.41) is 0. The Labute approximate surface area is 118 Å². The highest BCUT2D eigenvalue weighted by atomic mass is 14.9. The topological polar surface area (TPSA) is 29.7 Å². The molecule has 0 aliphatic heterocycles. The zero-order valence-electron chi connectivity index (χ0n) is 11.6. The predicted octanol–water partition coefficient (Wildman–Crippen LogP) is 2.94. The number of hydrogen-bond donors (Lipinski definition) is 0. The standard InChI is InChI=1S/C17H16N3/c1-13-6-3-4-7-15(13)17-16(8-5-9-20(17)2)14-10-18-12-19-11-14/h3-12H,1-2H3/q+1. The van der Waals surface area contributed by atoms with E-state index in [9.17, 15) is 0 Å². The van der Waals surface area contributed by atoms with Crippen molar-refractivity contribution in [2.45, 2.75) is 6.92 Å². The third kappa shape index (κ3) is 2.18. The quantitative estimate of drug-likeness (QED) is 0.665. The van der Waals surface area contributed by atoms with Gasteiger partial charge in [-0.05, 0) is 24.6 Å². The van der Waals surface area contributed by atoms with Crippen LogP contribution in [0.4, 0.5) is 0 Å². The molecule has 2 heterocycles. The molecule has 1 aromatic carbocycles. The third-order valence-electron chi connectivity index (χ3n) is 3.45. The van der Waals surface area contributed by atoms with Gasteiger partial charge in [0.1, 0.15) is 13.4 Å². The Balaban J connectivity index is 2.29. The van der Waals surface area contributed by atoms with E-state index in [4.69, 9.17) is 0 Å². The Kier molecular flexibility index (Phi) is 3.25. The predicted molar refractivity (Wildman–Crippen MR) is 78.8 cm³/mol. The second kappa shape index (κ2) is 5.21. The van der Waals surface area contributed by atoms with E-state index in [1.807, 2.05) is 18.5 Å². The van der Waals surface area contributed by atoms with Crippen molar-refractivity contribution in [1.82, 2.24) is 9.97 Å². The molecule has 3 aromatic rings. The van der Waals surface area contributed by atoms with Crippen LogP contribution in [0.1, 0.15) is 5.56 Å². The first-order valence-electron chi connectivity index (χ1n) is 6.57. The molecule has 98 valence electrons. The maximum absolute atomic E-state index is 4.13. The normalized spacial score (nSPS) is 10.5. The van der Waals surface area contributed by atoms with Crippen LogP contribution in [-0.2, 0) is 7.05 Å². The lowest BCUT2D eigenvalue weighted by atomic mass is 9.98. The molecular weight excluding hydrogens is 246 g/mol. The van der Waals surface area contributed by atoms with E-state index in [1.54, 1.807) is 6.33 Å². The van der Waals surface area contributed by atoms with Gasteiger partial charge < -0.3 is 0 Å². The highest BCUT2D eigenvalue weighted by Crippen LogP contribution is 2.29. The fraction of sp³-hybridized carbons (Fsp3) is 0.118. The fourth-order valence-electron chi connectivity index (χ4n) is 2.46. The molecule has 3 heteroatoms. The molecule has 2 aromatic heterocycles. The van der Waals surface area contributed by atoms with Gasteiger partial charge >= 0.3 is 0 Å². The largest absolute Gasteiger partial charge is 0.244 e. The Morgan fingerprint density at radius 2 is 1.60 bits per heavy atom. The summed E-state index contributed by atoms with van der Waals surface area (Å²) < 4.78 is 2.14. The number of benzene rings is 1. The molecule has 0 saturated heterocycles. The highest BCUT2D eigenvalue weighted by molar-refractivity contribution is 5.79. The lowest BCUT2D eigenvalue weighted by Gasteiger charge is -2.09. The average Bonchev–Trinajstić information content (AvgIpc) is 2.49. The van der Waals surface area contributed by atoms with Gasteiger partial charge in [0.2, 0.25) is 5.69 Å². The summed E-state index contributed by atoms with van der Waals surface area (Å²) >= 11 is 0. The van der Waals surface area contributed by atoms with Crippen molar-refractivity contribution < 1.29 is 4.57 Å². The summed E-state index contributed by atoms with van der Waals surface area (Å²) in [4.78, 5) is 8.26. The smallest absolute Gasteiger partial charge is 0.220 e. The molecule has 0 fully saturated rings. The average molecular weight is 262 g/mol. The minimum atomic E-state index is 1.03. The van der Waals surface area contributed by atoms with Crippen LogP contribution < -0.4 is 4.57 Å². The zero-order chi connectivity index (χ0) is 13.9. The van der Waals surface area contributed by atoms with Crippen molar-refractivity contribution in [3.8, 4) is 22.4 Å². The molecule has 0 saturated carbocycles. The van der Waals surface area contributed by atoms with Gasteiger partial charge in [-0.2, -0.15) is 0 Å². The van der Waals surface area contributed by atoms with E-state index in [0.29, 0.717) is 0 Å². The van der Waals surface area contributed by atoms with Crippen LogP contribution in [0, 0.1) is 6.92 Å². The van der Waals surface area contributed by atoms with Crippen LogP contribution in [0.25, 0.3) is 22.4 Å². The van der Waals surface area contributed by atoms with E-state index < -0.39 is 0 Å². The first-order valence-corrected chi connectivity index (χ1v) is 6.57. The Bertz CT molecular complexity index is 736.